The molecule has 10 nitrogen and oxygen atoms in total. The number of nitro benzene ring substituents is 1. The van der Waals surface area contributed by atoms with Crippen molar-refractivity contribution in [2.75, 3.05) is 33.4 Å². The van der Waals surface area contributed by atoms with Gasteiger partial charge in [0.05, 0.1) is 22.4 Å². The fourth-order valence-corrected chi connectivity index (χ4v) is 3.95. The maximum absolute atomic E-state index is 12.6. The van der Waals surface area contributed by atoms with Crippen LogP contribution in [0.25, 0.3) is 5.69 Å². The van der Waals surface area contributed by atoms with E-state index in [-0.39, 0.29) is 11.6 Å². The molecule has 1 aliphatic heterocycles. The number of carbonyl (C=O) groups excluding carboxylic acids is 1. The number of aromatic nitrogens is 2. The van der Waals surface area contributed by atoms with Gasteiger partial charge in [0.2, 0.25) is 0 Å². The lowest BCUT2D eigenvalue weighted by molar-refractivity contribution is -0.384. The van der Waals surface area contributed by atoms with Crippen LogP contribution in [0.5, 0.6) is 5.75 Å². The van der Waals surface area contributed by atoms with Crippen LogP contribution in [0.3, 0.4) is 0 Å². The van der Waals surface area contributed by atoms with E-state index in [1.54, 1.807) is 18.3 Å². The lowest BCUT2D eigenvalue weighted by atomic mass is 10.1. The number of hydrogen-bond donors (Lipinski definition) is 1. The van der Waals surface area contributed by atoms with Gasteiger partial charge in [-0.3, -0.25) is 19.8 Å². The van der Waals surface area contributed by atoms with E-state index in [9.17, 15) is 14.9 Å². The van der Waals surface area contributed by atoms with Crippen LogP contribution in [0.4, 0.5) is 5.69 Å². The molecule has 10 heteroatoms. The van der Waals surface area contributed by atoms with Crippen LogP contribution in [0.15, 0.2) is 60.9 Å². The summed E-state index contributed by atoms with van der Waals surface area (Å²) >= 11 is 0. The molecule has 0 spiro atoms. The number of nitro groups is 1. The first kappa shape index (κ1) is 24.4. The number of nitrogens with zero attached hydrogens (tertiary/aromatic N) is 4. The zero-order valence-corrected chi connectivity index (χ0v) is 19.6. The van der Waals surface area contributed by atoms with E-state index in [4.69, 9.17) is 9.47 Å². The van der Waals surface area contributed by atoms with Gasteiger partial charge in [-0.2, -0.15) is 5.10 Å². The maximum Gasteiger partial charge on any atom is 0.269 e. The van der Waals surface area contributed by atoms with Gasteiger partial charge in [-0.1, -0.05) is 12.1 Å². The van der Waals surface area contributed by atoms with Crippen LogP contribution in [0, 0.1) is 10.1 Å². The summed E-state index contributed by atoms with van der Waals surface area (Å²) in [7, 11) is 2.12. The molecule has 0 radical (unpaired) electrons. The van der Waals surface area contributed by atoms with Crippen LogP contribution in [-0.4, -0.2) is 65.0 Å². The molecule has 0 unspecified atom stereocenters. The van der Waals surface area contributed by atoms with E-state index in [0.29, 0.717) is 30.4 Å². The van der Waals surface area contributed by atoms with Gasteiger partial charge in [0, 0.05) is 50.7 Å². The number of amides is 1. The molecule has 0 aliphatic carbocycles. The number of likely N-dealkylation sites (N-methyl/N-ethyl adjacent to an activating group) is 1. The highest BCUT2D eigenvalue weighted by Crippen LogP contribution is 2.17. The molecule has 3 aromatic rings. The van der Waals surface area contributed by atoms with E-state index in [1.165, 1.54) is 23.0 Å². The van der Waals surface area contributed by atoms with Gasteiger partial charge >= 0.3 is 0 Å². The molecular weight excluding hydrogens is 450 g/mol. The summed E-state index contributed by atoms with van der Waals surface area (Å²) in [6.45, 7) is 3.42. The summed E-state index contributed by atoms with van der Waals surface area (Å²) in [6, 6.07) is 14.2. The van der Waals surface area contributed by atoms with Crippen molar-refractivity contribution >= 4 is 11.6 Å². The summed E-state index contributed by atoms with van der Waals surface area (Å²) in [5.41, 5.74) is 1.95. The van der Waals surface area contributed by atoms with Crippen LogP contribution >= 0.6 is 0 Å². The van der Waals surface area contributed by atoms with Gasteiger partial charge in [0.15, 0.2) is 0 Å². The smallest absolute Gasteiger partial charge is 0.269 e. The first-order valence-electron chi connectivity index (χ1n) is 11.6. The number of rotatable bonds is 10. The lowest BCUT2D eigenvalue weighted by Gasteiger charge is -2.31. The Morgan fingerprint density at radius 3 is 2.77 bits per heavy atom. The Kier molecular flexibility index (Phi) is 8.07. The third-order valence-corrected chi connectivity index (χ3v) is 6.05. The minimum atomic E-state index is -0.461. The van der Waals surface area contributed by atoms with Gasteiger partial charge in [-0.25, -0.2) is 4.68 Å². The second-order valence-corrected chi connectivity index (χ2v) is 8.45. The number of carbonyl (C=O) groups is 1. The van der Waals surface area contributed by atoms with Crippen LogP contribution in [-0.2, 0) is 11.3 Å². The summed E-state index contributed by atoms with van der Waals surface area (Å²) in [5, 5.41) is 17.9. The predicted octanol–water partition coefficient (Wildman–Crippen LogP) is 3.20. The molecule has 0 atom stereocenters. The Balaban J connectivity index is 1.26. The Morgan fingerprint density at radius 1 is 1.26 bits per heavy atom. The monoisotopic (exact) mass is 479 g/mol. The Labute approximate surface area is 203 Å². The molecule has 1 aliphatic rings. The molecule has 0 bridgehead atoms. The van der Waals surface area contributed by atoms with Gasteiger partial charge < -0.3 is 14.8 Å². The van der Waals surface area contributed by atoms with Crippen LogP contribution in [0.2, 0.25) is 0 Å². The van der Waals surface area contributed by atoms with E-state index in [2.05, 4.69) is 22.4 Å². The van der Waals surface area contributed by atoms with E-state index in [0.717, 1.165) is 43.9 Å². The molecule has 35 heavy (non-hydrogen) atoms. The maximum atomic E-state index is 12.6. The van der Waals surface area contributed by atoms with Gasteiger partial charge in [0.1, 0.15) is 12.4 Å². The molecule has 1 amide bonds. The van der Waals surface area contributed by atoms with Crippen molar-refractivity contribution in [1.29, 1.82) is 0 Å². The third kappa shape index (κ3) is 6.65. The highest BCUT2D eigenvalue weighted by molar-refractivity contribution is 5.93. The average Bonchev–Trinajstić information content (AvgIpc) is 3.39. The summed E-state index contributed by atoms with van der Waals surface area (Å²) < 4.78 is 12.9. The number of ether oxygens (including phenoxy) is 2. The summed E-state index contributed by atoms with van der Waals surface area (Å²) in [4.78, 5) is 25.3. The number of non-ortho nitro benzene ring substituents is 1. The molecular formula is C25H29N5O5. The van der Waals surface area contributed by atoms with Crippen molar-refractivity contribution in [2.45, 2.75) is 25.4 Å². The highest BCUT2D eigenvalue weighted by atomic mass is 16.6. The lowest BCUT2D eigenvalue weighted by Crippen LogP contribution is -2.38. The first-order chi connectivity index (χ1) is 17.0. The van der Waals surface area contributed by atoms with Gasteiger partial charge in [-0.15, -0.1) is 0 Å². The summed E-state index contributed by atoms with van der Waals surface area (Å²) in [5.74, 6) is 0.505. The molecule has 1 aromatic heterocycles. The van der Waals surface area contributed by atoms with E-state index in [1.807, 2.05) is 24.3 Å². The molecule has 1 N–H and O–H groups in total. The fraction of sp³-hybridized carbons (Fsp3) is 0.360. The van der Waals surface area contributed by atoms with Gasteiger partial charge in [-0.05, 0) is 49.7 Å². The second kappa shape index (κ2) is 11.6. The number of benzene rings is 2. The molecule has 1 saturated heterocycles. The fourth-order valence-electron chi connectivity index (χ4n) is 3.95. The minimum absolute atomic E-state index is 0.00331. The van der Waals surface area contributed by atoms with Crippen molar-refractivity contribution < 1.29 is 19.2 Å². The Morgan fingerprint density at radius 2 is 2.03 bits per heavy atom. The standard InChI is InChI=1S/C25H29N5O5/c1-28(21-9-12-34-13-10-21)11-14-35-24-4-2-3-19(15-24)16-26-25(31)20-17-27-29(18-20)22-5-7-23(8-6-22)30(32)33/h2-8,15,17-18,21H,9-14,16H2,1H3,(H,26,31). The predicted molar refractivity (Wildman–Crippen MR) is 130 cm³/mol. The van der Waals surface area contributed by atoms with Crippen LogP contribution < -0.4 is 10.1 Å². The zero-order valence-electron chi connectivity index (χ0n) is 19.6. The first-order valence-corrected chi connectivity index (χ1v) is 11.6. The molecule has 184 valence electrons. The average molecular weight is 480 g/mol. The van der Waals surface area contributed by atoms with Crippen molar-refractivity contribution in [3.8, 4) is 11.4 Å². The largest absolute Gasteiger partial charge is 0.492 e. The number of hydrogen-bond acceptors (Lipinski definition) is 7. The van der Waals surface area contributed by atoms with Crippen LogP contribution in [0.1, 0.15) is 28.8 Å². The second-order valence-electron chi connectivity index (χ2n) is 8.45. The Hall–Kier alpha value is -3.76. The summed E-state index contributed by atoms with van der Waals surface area (Å²) in [6.07, 6.45) is 5.16. The van der Waals surface area contributed by atoms with Crippen molar-refractivity contribution in [1.82, 2.24) is 20.0 Å². The topological polar surface area (TPSA) is 112 Å². The molecule has 2 heterocycles. The van der Waals surface area contributed by atoms with Crippen molar-refractivity contribution in [3.05, 3.63) is 82.2 Å². The van der Waals surface area contributed by atoms with Crippen molar-refractivity contribution in [2.24, 2.45) is 0 Å². The van der Waals surface area contributed by atoms with E-state index >= 15 is 0 Å². The zero-order chi connectivity index (χ0) is 24.6. The van der Waals surface area contributed by atoms with Gasteiger partial charge in [0.25, 0.3) is 11.6 Å². The molecule has 1 fully saturated rings. The quantitative estimate of drug-likeness (QED) is 0.351. The Bertz CT molecular complexity index is 1140. The van der Waals surface area contributed by atoms with Crippen molar-refractivity contribution in [3.63, 3.8) is 0 Å². The molecule has 4 rings (SSSR count). The normalized spacial score (nSPS) is 14.1. The highest BCUT2D eigenvalue weighted by Gasteiger charge is 2.18. The minimum Gasteiger partial charge on any atom is -0.492 e. The molecule has 2 aromatic carbocycles. The SMILES string of the molecule is CN(CCOc1cccc(CNC(=O)c2cnn(-c3ccc([N+](=O)[O-])cc3)c2)c1)C1CCOCC1. The molecule has 0 saturated carbocycles. The third-order valence-electron chi connectivity index (χ3n) is 6.05. The number of nitrogens with one attached hydrogen (secondary N) is 1. The van der Waals surface area contributed by atoms with E-state index < -0.39 is 4.92 Å².